The summed E-state index contributed by atoms with van der Waals surface area (Å²) < 4.78 is 13.2. The highest BCUT2D eigenvalue weighted by atomic mass is 19.1. The number of halogens is 1. The van der Waals surface area contributed by atoms with E-state index in [1.54, 1.807) is 0 Å². The summed E-state index contributed by atoms with van der Waals surface area (Å²) in [6.07, 6.45) is 0. The summed E-state index contributed by atoms with van der Waals surface area (Å²) in [7, 11) is 0. The Morgan fingerprint density at radius 2 is 1.81 bits per heavy atom. The van der Waals surface area contributed by atoms with Crippen LogP contribution in [0.2, 0.25) is 0 Å². The summed E-state index contributed by atoms with van der Waals surface area (Å²) in [5.41, 5.74) is -0.272. The Kier molecular flexibility index (Phi) is 4.25. The molecule has 1 atom stereocenters. The van der Waals surface area contributed by atoms with Gasteiger partial charge in [-0.25, -0.2) is 4.39 Å². The van der Waals surface area contributed by atoms with Crippen molar-refractivity contribution in [3.63, 3.8) is 0 Å². The predicted octanol–water partition coefficient (Wildman–Crippen LogP) is 3.22. The molecule has 0 bridgehead atoms. The molecule has 2 aromatic carbocycles. The van der Waals surface area contributed by atoms with E-state index in [0.717, 1.165) is 24.0 Å². The average molecular weight is 356 g/mol. The lowest BCUT2D eigenvalue weighted by atomic mass is 9.95. The van der Waals surface area contributed by atoms with E-state index >= 15 is 0 Å². The van der Waals surface area contributed by atoms with Crippen molar-refractivity contribution in [3.05, 3.63) is 81.4 Å². The predicted molar refractivity (Wildman–Crippen MR) is 90.1 cm³/mol. The van der Waals surface area contributed by atoms with Crippen LogP contribution in [0.5, 0.6) is 0 Å². The molecule has 1 amide bonds. The minimum atomic E-state index is -1.19. The van der Waals surface area contributed by atoms with E-state index in [9.17, 15) is 29.2 Å². The van der Waals surface area contributed by atoms with Crippen LogP contribution >= 0.6 is 0 Å². The molecule has 0 fully saturated rings. The maximum atomic E-state index is 13.2. The number of benzene rings is 2. The Morgan fingerprint density at radius 1 is 1.19 bits per heavy atom. The molecular weight excluding hydrogens is 343 g/mol. The van der Waals surface area contributed by atoms with Gasteiger partial charge in [-0.05, 0) is 37.3 Å². The average Bonchev–Trinajstić information content (AvgIpc) is 2.87. The first-order chi connectivity index (χ1) is 12.3. The minimum Gasteiger partial charge on any atom is -0.503 e. The molecule has 1 heterocycles. The Balaban J connectivity index is 2.25. The van der Waals surface area contributed by atoms with Crippen molar-refractivity contribution in [1.29, 1.82) is 0 Å². The number of rotatable bonds is 4. The molecule has 1 aliphatic heterocycles. The highest BCUT2D eigenvalue weighted by Gasteiger charge is 2.45. The van der Waals surface area contributed by atoms with Gasteiger partial charge in [-0.2, -0.15) is 0 Å². The molecule has 0 aliphatic carbocycles. The lowest BCUT2D eigenvalue weighted by molar-refractivity contribution is -0.385. The van der Waals surface area contributed by atoms with E-state index in [0.29, 0.717) is 0 Å². The maximum absolute atomic E-state index is 13.2. The number of Topliss-reactive ketones (excluding diaryl/α,β-unsaturated/α-hetero) is 1. The van der Waals surface area contributed by atoms with Gasteiger partial charge in [0.25, 0.3) is 11.6 Å². The molecule has 132 valence electrons. The molecule has 26 heavy (non-hydrogen) atoms. The van der Waals surface area contributed by atoms with Gasteiger partial charge in [0.05, 0.1) is 16.1 Å². The molecule has 1 N–H and O–H groups in total. The van der Waals surface area contributed by atoms with Gasteiger partial charge in [-0.15, -0.1) is 0 Å². The molecule has 0 spiro atoms. The number of nitro benzene ring substituents is 1. The van der Waals surface area contributed by atoms with E-state index in [1.165, 1.54) is 36.4 Å². The van der Waals surface area contributed by atoms with Crippen molar-refractivity contribution >= 4 is 23.1 Å². The van der Waals surface area contributed by atoms with E-state index in [4.69, 9.17) is 0 Å². The zero-order chi connectivity index (χ0) is 19.0. The van der Waals surface area contributed by atoms with Gasteiger partial charge in [-0.1, -0.05) is 12.1 Å². The highest BCUT2D eigenvalue weighted by Crippen LogP contribution is 2.43. The number of carbonyl (C=O) groups excluding carboxylic acids is 2. The van der Waals surface area contributed by atoms with Gasteiger partial charge in [-0.3, -0.25) is 24.6 Å². The fraction of sp³-hybridized carbons (Fsp3) is 0.111. The number of aliphatic hydroxyl groups is 1. The van der Waals surface area contributed by atoms with Gasteiger partial charge in [0.1, 0.15) is 11.9 Å². The van der Waals surface area contributed by atoms with Crippen LogP contribution < -0.4 is 4.90 Å². The smallest absolute Gasteiger partial charge is 0.294 e. The third kappa shape index (κ3) is 2.71. The number of carbonyl (C=O) groups is 2. The second kappa shape index (κ2) is 6.40. The Bertz CT molecular complexity index is 952. The first-order valence-corrected chi connectivity index (χ1v) is 7.59. The first-order valence-electron chi connectivity index (χ1n) is 7.59. The number of nitrogens with zero attached hydrogens (tertiary/aromatic N) is 2. The van der Waals surface area contributed by atoms with Crippen molar-refractivity contribution in [2.75, 3.05) is 4.90 Å². The summed E-state index contributed by atoms with van der Waals surface area (Å²) in [5, 5.41) is 21.6. The van der Waals surface area contributed by atoms with Crippen molar-refractivity contribution < 1.29 is 24.0 Å². The van der Waals surface area contributed by atoms with Crippen molar-refractivity contribution in [2.45, 2.75) is 13.0 Å². The van der Waals surface area contributed by atoms with Crippen LogP contribution in [0.15, 0.2) is 59.9 Å². The minimum absolute atomic E-state index is 0.0735. The quantitative estimate of drug-likeness (QED) is 0.669. The molecule has 0 aromatic heterocycles. The monoisotopic (exact) mass is 356 g/mol. The molecule has 3 rings (SSSR count). The molecule has 7 nitrogen and oxygen atoms in total. The van der Waals surface area contributed by atoms with Crippen LogP contribution in [0.1, 0.15) is 18.5 Å². The van der Waals surface area contributed by atoms with Gasteiger partial charge in [0.15, 0.2) is 11.5 Å². The number of para-hydroxylation sites is 1. The van der Waals surface area contributed by atoms with Crippen LogP contribution in [0.25, 0.3) is 0 Å². The fourth-order valence-electron chi connectivity index (χ4n) is 3.01. The van der Waals surface area contributed by atoms with Crippen LogP contribution in [0, 0.1) is 15.9 Å². The molecule has 1 aliphatic rings. The number of hydrogen-bond acceptors (Lipinski definition) is 5. The zero-order valence-corrected chi connectivity index (χ0v) is 13.5. The third-order valence-corrected chi connectivity index (χ3v) is 4.12. The van der Waals surface area contributed by atoms with Crippen LogP contribution in [-0.4, -0.2) is 21.7 Å². The number of ketones is 1. The molecule has 8 heteroatoms. The molecule has 0 radical (unpaired) electrons. The third-order valence-electron chi connectivity index (χ3n) is 4.12. The van der Waals surface area contributed by atoms with E-state index < -0.39 is 34.2 Å². The molecule has 2 aromatic rings. The molecular formula is C18H13FN2O5. The maximum Gasteiger partial charge on any atom is 0.294 e. The van der Waals surface area contributed by atoms with Crippen LogP contribution in [-0.2, 0) is 9.59 Å². The zero-order valence-electron chi connectivity index (χ0n) is 13.5. The van der Waals surface area contributed by atoms with Gasteiger partial charge in [0, 0.05) is 11.8 Å². The summed E-state index contributed by atoms with van der Waals surface area (Å²) in [5.74, 6) is -2.79. The summed E-state index contributed by atoms with van der Waals surface area (Å²) in [4.78, 5) is 36.5. The summed E-state index contributed by atoms with van der Waals surface area (Å²) in [6, 6.07) is 9.28. The number of amides is 1. The Labute approximate surface area is 147 Å². The van der Waals surface area contributed by atoms with Crippen molar-refractivity contribution in [2.24, 2.45) is 0 Å². The topological polar surface area (TPSA) is 101 Å². The lowest BCUT2D eigenvalue weighted by Crippen LogP contribution is -2.31. The van der Waals surface area contributed by atoms with Crippen molar-refractivity contribution in [3.8, 4) is 0 Å². The lowest BCUT2D eigenvalue weighted by Gasteiger charge is -2.26. The van der Waals surface area contributed by atoms with E-state index in [1.807, 2.05) is 0 Å². The van der Waals surface area contributed by atoms with Crippen molar-refractivity contribution in [1.82, 2.24) is 0 Å². The van der Waals surface area contributed by atoms with E-state index in [2.05, 4.69) is 0 Å². The fourth-order valence-corrected chi connectivity index (χ4v) is 3.01. The second-order valence-corrected chi connectivity index (χ2v) is 5.69. The number of hydrogen-bond donors (Lipinski definition) is 1. The number of nitro groups is 1. The Morgan fingerprint density at radius 3 is 2.38 bits per heavy atom. The largest absolute Gasteiger partial charge is 0.503 e. The molecule has 1 unspecified atom stereocenters. The molecule has 0 saturated carbocycles. The SMILES string of the molecule is CC(=O)C1=C(O)C(=O)N(c2ccc(F)cc2)C1c1ccccc1[N+](=O)[O-]. The number of aliphatic hydroxyl groups excluding tert-OH is 1. The van der Waals surface area contributed by atoms with Crippen LogP contribution in [0.4, 0.5) is 15.8 Å². The van der Waals surface area contributed by atoms with Gasteiger partial charge >= 0.3 is 0 Å². The van der Waals surface area contributed by atoms with E-state index in [-0.39, 0.29) is 22.5 Å². The highest BCUT2D eigenvalue weighted by molar-refractivity contribution is 6.16. The van der Waals surface area contributed by atoms with Gasteiger partial charge < -0.3 is 5.11 Å². The summed E-state index contributed by atoms with van der Waals surface area (Å²) in [6.45, 7) is 1.16. The van der Waals surface area contributed by atoms with Gasteiger partial charge in [0.2, 0.25) is 0 Å². The normalized spacial score (nSPS) is 16.9. The number of anilines is 1. The standard InChI is InChI=1S/C18H13FN2O5/c1-10(22)15-16(13-4-2-3-5-14(13)21(25)26)20(18(24)17(15)23)12-8-6-11(19)7-9-12/h2-9,16,23H,1H3. The Hall–Kier alpha value is -3.55. The van der Waals surface area contributed by atoms with Crippen LogP contribution in [0.3, 0.4) is 0 Å². The molecule has 0 saturated heterocycles. The first kappa shape index (κ1) is 17.3. The second-order valence-electron chi connectivity index (χ2n) is 5.69. The summed E-state index contributed by atoms with van der Waals surface area (Å²) >= 11 is 0.